The van der Waals surface area contributed by atoms with Crippen molar-refractivity contribution in [2.45, 2.75) is 13.8 Å². The predicted molar refractivity (Wildman–Crippen MR) is 132 cm³/mol. The topological polar surface area (TPSA) is 74.6 Å². The van der Waals surface area contributed by atoms with Crippen LogP contribution in [0.15, 0.2) is 55.1 Å². The molecule has 1 aromatic heterocycles. The van der Waals surface area contributed by atoms with Gasteiger partial charge in [-0.3, -0.25) is 0 Å². The molecule has 0 saturated heterocycles. The number of aromatic nitrogens is 1. The minimum Gasteiger partial charge on any atom is -0.461 e. The lowest BCUT2D eigenvalue weighted by Gasteiger charge is -2.19. The summed E-state index contributed by atoms with van der Waals surface area (Å²) in [5.74, 6) is -1.13. The van der Waals surface area contributed by atoms with Crippen molar-refractivity contribution in [2.75, 3.05) is 19.0 Å². The molecule has 0 bridgehead atoms. The number of halogens is 2. The Balaban J connectivity index is 2.49. The van der Waals surface area contributed by atoms with Crippen LogP contribution in [0.3, 0.4) is 0 Å². The number of nitrogens with zero attached hydrogens (tertiary/aromatic N) is 1. The summed E-state index contributed by atoms with van der Waals surface area (Å²) in [5, 5.41) is 2.51. The van der Waals surface area contributed by atoms with Crippen LogP contribution in [0.2, 0.25) is 10.0 Å². The van der Waals surface area contributed by atoms with Gasteiger partial charge in [-0.1, -0.05) is 41.4 Å². The second kappa shape index (κ2) is 10.4. The van der Waals surface area contributed by atoms with Crippen molar-refractivity contribution in [3.63, 3.8) is 0 Å². The quantitative estimate of drug-likeness (QED) is 0.231. The Labute approximate surface area is 198 Å². The van der Waals surface area contributed by atoms with Gasteiger partial charge in [-0.15, -0.1) is 6.58 Å². The van der Waals surface area contributed by atoms with Gasteiger partial charge in [0, 0.05) is 32.6 Å². The van der Waals surface area contributed by atoms with Crippen LogP contribution in [0.1, 0.15) is 24.3 Å². The van der Waals surface area contributed by atoms with E-state index in [2.05, 4.69) is 6.58 Å². The summed E-state index contributed by atoms with van der Waals surface area (Å²) in [7, 11) is -5.61. The second-order valence-electron chi connectivity index (χ2n) is 6.60. The van der Waals surface area contributed by atoms with Gasteiger partial charge in [-0.25, -0.2) is 17.2 Å². The Bertz CT molecular complexity index is 1270. The molecule has 0 spiro atoms. The highest BCUT2D eigenvalue weighted by atomic mass is 35.5. The Kier molecular flexibility index (Phi) is 8.01. The third kappa shape index (κ3) is 4.87. The molecule has 1 unspecified atom stereocenters. The van der Waals surface area contributed by atoms with E-state index in [1.165, 1.54) is 6.08 Å². The third-order valence-corrected chi connectivity index (χ3v) is 8.62. The van der Waals surface area contributed by atoms with Crippen molar-refractivity contribution in [1.29, 1.82) is 0 Å². The van der Waals surface area contributed by atoms with Crippen molar-refractivity contribution in [1.82, 2.24) is 3.97 Å². The first-order valence-corrected chi connectivity index (χ1v) is 13.4. The highest BCUT2D eigenvalue weighted by Gasteiger charge is 2.35. The van der Waals surface area contributed by atoms with Gasteiger partial charge in [-0.05, 0) is 44.2 Å². The molecule has 0 N–H and O–H groups in total. The van der Waals surface area contributed by atoms with E-state index in [1.807, 2.05) is 13.0 Å². The fourth-order valence-electron chi connectivity index (χ4n) is 3.32. The van der Waals surface area contributed by atoms with Crippen LogP contribution in [0.5, 0.6) is 0 Å². The first-order valence-electron chi connectivity index (χ1n) is 9.79. The fraction of sp³-hybridized carbons (Fsp3) is 0.227. The molecule has 0 saturated carbocycles. The van der Waals surface area contributed by atoms with E-state index < -0.39 is 24.1 Å². The van der Waals surface area contributed by atoms with Gasteiger partial charge in [0.1, 0.15) is 0 Å². The van der Waals surface area contributed by atoms with E-state index in [-0.39, 0.29) is 18.1 Å². The maximum Gasteiger partial charge on any atom is 0.356 e. The summed E-state index contributed by atoms with van der Waals surface area (Å²) in [5.41, 5.74) is 0.203. The van der Waals surface area contributed by atoms with E-state index in [0.29, 0.717) is 32.9 Å². The maximum atomic E-state index is 13.2. The average molecular weight is 514 g/mol. The van der Waals surface area contributed by atoms with E-state index in [9.17, 15) is 13.2 Å². The Morgan fingerprint density at radius 2 is 1.84 bits per heavy atom. The second-order valence-corrected chi connectivity index (χ2v) is 11.1. The molecule has 0 aliphatic heterocycles. The number of carbonyl (C=O) groups is 1. The third-order valence-electron chi connectivity index (χ3n) is 4.44. The number of hydrogen-bond acceptors (Lipinski definition) is 5. The van der Waals surface area contributed by atoms with E-state index in [4.69, 9.17) is 32.5 Å². The molecule has 2 aromatic carbocycles. The maximum absolute atomic E-state index is 13.2. The minimum absolute atomic E-state index is 0.0752. The summed E-state index contributed by atoms with van der Waals surface area (Å²) in [6, 6.07) is 11.8. The lowest BCUT2D eigenvalue weighted by atomic mass is 10.2. The number of ether oxygens (including phenoxy) is 1. The molecule has 0 fully saturated rings. The first kappa shape index (κ1) is 24.7. The monoisotopic (exact) mass is 513 g/mol. The van der Waals surface area contributed by atoms with Crippen LogP contribution in [-0.2, 0) is 19.3 Å². The summed E-state index contributed by atoms with van der Waals surface area (Å²) in [4.78, 5) is 13.2. The van der Waals surface area contributed by atoms with Crippen molar-refractivity contribution < 1.29 is 22.5 Å². The molecule has 32 heavy (non-hydrogen) atoms. The van der Waals surface area contributed by atoms with Gasteiger partial charge >= 0.3 is 5.97 Å². The lowest BCUT2D eigenvalue weighted by Crippen LogP contribution is -2.27. The molecule has 3 rings (SSSR count). The Hall–Kier alpha value is -1.89. The molecule has 6 nitrogen and oxygen atoms in total. The van der Waals surface area contributed by atoms with Crippen LogP contribution >= 0.6 is 31.4 Å². The summed E-state index contributed by atoms with van der Waals surface area (Å²) in [6.07, 6.45) is 1.27. The zero-order valence-electron chi connectivity index (χ0n) is 17.5. The van der Waals surface area contributed by atoms with Gasteiger partial charge in [0.25, 0.3) is 0 Å². The SMILES string of the molecule is C=CCS(=O)(=O)n1c(C(=O)OCC)c(P(OCC)c2cccc(Cl)c2)c2cc(Cl)ccc21. The molecule has 0 aliphatic carbocycles. The number of carbonyl (C=O) groups excluding carboxylic acids is 1. The molecule has 3 aromatic rings. The Morgan fingerprint density at radius 1 is 1.12 bits per heavy atom. The fourth-order valence-corrected chi connectivity index (χ4v) is 7.23. The van der Waals surface area contributed by atoms with Crippen LogP contribution in [0.25, 0.3) is 10.9 Å². The minimum atomic E-state index is -3.98. The number of rotatable bonds is 9. The summed E-state index contributed by atoms with van der Waals surface area (Å²) < 4.78 is 38.9. The van der Waals surface area contributed by atoms with Gasteiger partial charge in [0.05, 0.1) is 26.0 Å². The molecule has 0 radical (unpaired) electrons. The summed E-state index contributed by atoms with van der Waals surface area (Å²) >= 11 is 12.5. The van der Waals surface area contributed by atoms with Crippen molar-refractivity contribution in [3.8, 4) is 0 Å². The van der Waals surface area contributed by atoms with E-state index in [1.54, 1.807) is 43.3 Å². The van der Waals surface area contributed by atoms with Crippen molar-refractivity contribution in [2.24, 2.45) is 0 Å². The zero-order chi connectivity index (χ0) is 23.5. The molecule has 10 heteroatoms. The highest BCUT2D eigenvalue weighted by Crippen LogP contribution is 2.42. The predicted octanol–water partition coefficient (Wildman–Crippen LogP) is 4.87. The average Bonchev–Trinajstić information content (AvgIpc) is 3.07. The molecular formula is C22H22Cl2NO5PS. The number of esters is 1. The molecule has 1 atom stereocenters. The van der Waals surface area contributed by atoms with Crippen LogP contribution in [0.4, 0.5) is 0 Å². The molecule has 1 heterocycles. The van der Waals surface area contributed by atoms with Gasteiger partial charge in [-0.2, -0.15) is 0 Å². The van der Waals surface area contributed by atoms with Crippen molar-refractivity contribution >= 4 is 68.9 Å². The van der Waals surface area contributed by atoms with Gasteiger partial charge in [0.15, 0.2) is 5.69 Å². The molecule has 0 aliphatic rings. The molecule has 170 valence electrons. The standard InChI is InChI=1S/C22H22Cl2NO5PS/c1-4-12-32(27,28)25-19-11-10-16(24)14-18(19)21(20(25)22(26)29-5-2)31(30-6-3)17-9-7-8-15(23)13-17/h4,7-11,13-14H,1,5-6,12H2,2-3H3. The number of benzene rings is 2. The Morgan fingerprint density at radius 3 is 2.47 bits per heavy atom. The normalized spacial score (nSPS) is 12.6. The lowest BCUT2D eigenvalue weighted by molar-refractivity contribution is 0.0520. The largest absolute Gasteiger partial charge is 0.461 e. The number of fused-ring (bicyclic) bond motifs is 1. The molecule has 0 amide bonds. The first-order chi connectivity index (χ1) is 15.2. The van der Waals surface area contributed by atoms with Crippen LogP contribution < -0.4 is 10.6 Å². The van der Waals surface area contributed by atoms with Gasteiger partial charge < -0.3 is 9.26 Å². The van der Waals surface area contributed by atoms with Crippen molar-refractivity contribution in [3.05, 3.63) is 70.9 Å². The highest BCUT2D eigenvalue weighted by molar-refractivity contribution is 7.90. The van der Waals surface area contributed by atoms with Crippen LogP contribution in [0, 0.1) is 0 Å². The van der Waals surface area contributed by atoms with Gasteiger partial charge in [0.2, 0.25) is 10.0 Å². The number of hydrogen-bond donors (Lipinski definition) is 0. The molecular weight excluding hydrogens is 492 g/mol. The smallest absolute Gasteiger partial charge is 0.356 e. The summed E-state index contributed by atoms with van der Waals surface area (Å²) in [6.45, 7) is 7.42. The zero-order valence-corrected chi connectivity index (χ0v) is 20.8. The van der Waals surface area contributed by atoms with E-state index >= 15 is 0 Å². The van der Waals surface area contributed by atoms with Crippen LogP contribution in [-0.4, -0.2) is 37.3 Å². The van der Waals surface area contributed by atoms with E-state index in [0.717, 1.165) is 9.28 Å².